The monoisotopic (exact) mass is 223 g/mol. The van der Waals surface area contributed by atoms with E-state index in [1.54, 1.807) is 0 Å². The second-order valence-electron chi connectivity index (χ2n) is 4.56. The van der Waals surface area contributed by atoms with E-state index in [2.05, 4.69) is 16.0 Å². The van der Waals surface area contributed by atoms with Crippen molar-refractivity contribution in [2.75, 3.05) is 0 Å². The number of aromatic amines is 1. The van der Waals surface area contributed by atoms with E-state index in [1.807, 2.05) is 36.5 Å². The highest BCUT2D eigenvalue weighted by Gasteiger charge is 2.41. The Balaban J connectivity index is 1.97. The highest BCUT2D eigenvalue weighted by atomic mass is 14.9. The third-order valence-electron chi connectivity index (χ3n) is 3.54. The summed E-state index contributed by atoms with van der Waals surface area (Å²) >= 11 is 0. The molecule has 1 N–H and O–H groups in total. The van der Waals surface area contributed by atoms with Crippen LogP contribution in [0, 0.1) is 11.3 Å². The molecule has 3 heteroatoms. The summed E-state index contributed by atoms with van der Waals surface area (Å²) in [4.78, 5) is 7.67. The van der Waals surface area contributed by atoms with E-state index in [0.29, 0.717) is 0 Å². The zero-order valence-electron chi connectivity index (χ0n) is 9.48. The molecule has 0 saturated heterocycles. The van der Waals surface area contributed by atoms with E-state index in [1.165, 1.54) is 0 Å². The van der Waals surface area contributed by atoms with E-state index in [-0.39, 0.29) is 5.41 Å². The topological polar surface area (TPSA) is 52.5 Å². The molecular formula is C14H13N3. The van der Waals surface area contributed by atoms with Crippen LogP contribution in [0.2, 0.25) is 0 Å². The van der Waals surface area contributed by atoms with Gasteiger partial charge in [-0.05, 0) is 24.8 Å². The number of rotatable bonds is 2. The largest absolute Gasteiger partial charge is 0.341 e. The van der Waals surface area contributed by atoms with Gasteiger partial charge in [0, 0.05) is 0 Å². The number of nitriles is 1. The Morgan fingerprint density at radius 1 is 1.24 bits per heavy atom. The molecule has 1 aliphatic carbocycles. The molecule has 3 rings (SSSR count). The van der Waals surface area contributed by atoms with Gasteiger partial charge in [0.15, 0.2) is 0 Å². The summed E-state index contributed by atoms with van der Waals surface area (Å²) in [6, 6.07) is 12.5. The zero-order valence-corrected chi connectivity index (χ0v) is 9.48. The minimum Gasteiger partial charge on any atom is -0.341 e. The molecule has 2 aromatic rings. The molecular weight excluding hydrogens is 210 g/mol. The maximum atomic E-state index is 9.26. The summed E-state index contributed by atoms with van der Waals surface area (Å²) in [6.45, 7) is 0. The number of H-pyrrole nitrogens is 1. The van der Waals surface area contributed by atoms with E-state index in [4.69, 9.17) is 0 Å². The van der Waals surface area contributed by atoms with E-state index < -0.39 is 0 Å². The molecule has 1 aromatic carbocycles. The Labute approximate surface area is 100 Å². The Hall–Kier alpha value is -2.08. The van der Waals surface area contributed by atoms with Crippen LogP contribution in [0.5, 0.6) is 0 Å². The van der Waals surface area contributed by atoms with Crippen molar-refractivity contribution < 1.29 is 0 Å². The smallest absolute Gasteiger partial charge is 0.127 e. The maximum Gasteiger partial charge on any atom is 0.127 e. The Morgan fingerprint density at radius 2 is 2.00 bits per heavy atom. The summed E-state index contributed by atoms with van der Waals surface area (Å²) in [5.41, 5.74) is 1.74. The molecule has 0 atom stereocenters. The van der Waals surface area contributed by atoms with Crippen molar-refractivity contribution in [1.29, 1.82) is 5.26 Å². The molecule has 0 aliphatic heterocycles. The molecule has 0 spiro atoms. The van der Waals surface area contributed by atoms with Crippen molar-refractivity contribution in [3.05, 3.63) is 42.4 Å². The van der Waals surface area contributed by atoms with Gasteiger partial charge in [-0.25, -0.2) is 4.98 Å². The summed E-state index contributed by atoms with van der Waals surface area (Å²) in [6.07, 6.45) is 4.79. The summed E-state index contributed by atoms with van der Waals surface area (Å²) < 4.78 is 0. The fraction of sp³-hybridized carbons (Fsp3) is 0.286. The van der Waals surface area contributed by atoms with Gasteiger partial charge in [0.1, 0.15) is 11.2 Å². The number of hydrogen-bond acceptors (Lipinski definition) is 2. The lowest BCUT2D eigenvalue weighted by molar-refractivity contribution is 0.309. The first-order chi connectivity index (χ1) is 8.34. The Morgan fingerprint density at radius 3 is 2.59 bits per heavy atom. The number of benzene rings is 1. The lowest BCUT2D eigenvalue weighted by Crippen LogP contribution is -2.33. The number of imidazole rings is 1. The molecule has 84 valence electrons. The normalized spacial score (nSPS) is 17.1. The van der Waals surface area contributed by atoms with Gasteiger partial charge in [-0.15, -0.1) is 0 Å². The van der Waals surface area contributed by atoms with Crippen LogP contribution < -0.4 is 0 Å². The summed E-state index contributed by atoms with van der Waals surface area (Å²) in [5.74, 6) is 0.824. The van der Waals surface area contributed by atoms with Crippen LogP contribution >= 0.6 is 0 Å². The highest BCUT2D eigenvalue weighted by molar-refractivity contribution is 5.58. The first kappa shape index (κ1) is 10.1. The molecule has 17 heavy (non-hydrogen) atoms. The highest BCUT2D eigenvalue weighted by Crippen LogP contribution is 2.42. The number of nitrogens with one attached hydrogen (secondary N) is 1. The SMILES string of the molecule is N#CC1(c2ncc(-c3ccccc3)[nH]2)CCC1. The van der Waals surface area contributed by atoms with Crippen molar-refractivity contribution in [2.24, 2.45) is 0 Å². The van der Waals surface area contributed by atoms with Gasteiger partial charge >= 0.3 is 0 Å². The fourth-order valence-corrected chi connectivity index (χ4v) is 2.26. The van der Waals surface area contributed by atoms with Gasteiger partial charge in [0.25, 0.3) is 0 Å². The first-order valence-corrected chi connectivity index (χ1v) is 5.86. The molecule has 3 nitrogen and oxygen atoms in total. The van der Waals surface area contributed by atoms with Gasteiger partial charge in [-0.1, -0.05) is 30.3 Å². The maximum absolute atomic E-state index is 9.26. The van der Waals surface area contributed by atoms with Crippen molar-refractivity contribution in [3.63, 3.8) is 0 Å². The van der Waals surface area contributed by atoms with Crippen molar-refractivity contribution >= 4 is 0 Å². The molecule has 1 fully saturated rings. The van der Waals surface area contributed by atoms with Gasteiger partial charge in [0.2, 0.25) is 0 Å². The average Bonchev–Trinajstić information content (AvgIpc) is 2.80. The van der Waals surface area contributed by atoms with Crippen molar-refractivity contribution in [3.8, 4) is 17.3 Å². The molecule has 0 unspecified atom stereocenters. The van der Waals surface area contributed by atoms with Gasteiger partial charge < -0.3 is 4.98 Å². The van der Waals surface area contributed by atoms with E-state index >= 15 is 0 Å². The number of nitrogens with zero attached hydrogens (tertiary/aromatic N) is 2. The standard InChI is InChI=1S/C14H13N3/c15-10-14(7-4-8-14)13-16-9-12(17-13)11-5-2-1-3-6-11/h1-3,5-6,9H,4,7-8H2,(H,16,17). The molecule has 1 heterocycles. The van der Waals surface area contributed by atoms with E-state index in [9.17, 15) is 5.26 Å². The fourth-order valence-electron chi connectivity index (χ4n) is 2.26. The van der Waals surface area contributed by atoms with E-state index in [0.717, 1.165) is 36.3 Å². The molecule has 1 saturated carbocycles. The first-order valence-electron chi connectivity index (χ1n) is 5.86. The molecule has 1 aromatic heterocycles. The van der Waals surface area contributed by atoms with Crippen molar-refractivity contribution in [2.45, 2.75) is 24.7 Å². The minimum atomic E-state index is -0.354. The second-order valence-corrected chi connectivity index (χ2v) is 4.56. The molecule has 0 amide bonds. The number of hydrogen-bond donors (Lipinski definition) is 1. The molecule has 0 radical (unpaired) electrons. The van der Waals surface area contributed by atoms with Crippen LogP contribution in [0.3, 0.4) is 0 Å². The minimum absolute atomic E-state index is 0.354. The second kappa shape index (κ2) is 3.74. The average molecular weight is 223 g/mol. The van der Waals surface area contributed by atoms with Crippen LogP contribution in [-0.4, -0.2) is 9.97 Å². The third kappa shape index (κ3) is 1.53. The Kier molecular flexibility index (Phi) is 2.22. The number of aromatic nitrogens is 2. The predicted octanol–water partition coefficient (Wildman–Crippen LogP) is 3.02. The van der Waals surface area contributed by atoms with Crippen molar-refractivity contribution in [1.82, 2.24) is 9.97 Å². The lowest BCUT2D eigenvalue weighted by Gasteiger charge is -2.32. The summed E-state index contributed by atoms with van der Waals surface area (Å²) in [5, 5.41) is 9.26. The molecule has 0 bridgehead atoms. The van der Waals surface area contributed by atoms with Gasteiger partial charge in [-0.2, -0.15) is 5.26 Å². The van der Waals surface area contributed by atoms with Crippen LogP contribution in [-0.2, 0) is 5.41 Å². The predicted molar refractivity (Wildman–Crippen MR) is 65.2 cm³/mol. The lowest BCUT2D eigenvalue weighted by atomic mass is 9.69. The van der Waals surface area contributed by atoms with Crippen LogP contribution in [0.25, 0.3) is 11.3 Å². The van der Waals surface area contributed by atoms with Crippen LogP contribution in [0.1, 0.15) is 25.1 Å². The summed E-state index contributed by atoms with van der Waals surface area (Å²) in [7, 11) is 0. The zero-order chi connectivity index (χ0) is 11.7. The third-order valence-corrected chi connectivity index (χ3v) is 3.54. The van der Waals surface area contributed by atoms with Crippen LogP contribution in [0.4, 0.5) is 0 Å². The van der Waals surface area contributed by atoms with Crippen LogP contribution in [0.15, 0.2) is 36.5 Å². The van der Waals surface area contributed by atoms with Gasteiger partial charge in [-0.3, -0.25) is 0 Å². The Bertz CT molecular complexity index is 559. The quantitative estimate of drug-likeness (QED) is 0.850. The molecule has 1 aliphatic rings. The van der Waals surface area contributed by atoms with Gasteiger partial charge in [0.05, 0.1) is 18.0 Å².